The normalized spacial score (nSPS) is 10.5. The van der Waals surface area contributed by atoms with Crippen LogP contribution in [0.5, 0.6) is 0 Å². The van der Waals surface area contributed by atoms with Crippen molar-refractivity contribution in [3.8, 4) is 0 Å². The van der Waals surface area contributed by atoms with Gasteiger partial charge in [0.2, 0.25) is 0 Å². The zero-order chi connectivity index (χ0) is 12.3. The minimum Gasteiger partial charge on any atom is -0.370 e. The molecule has 0 aliphatic heterocycles. The molecule has 4 heteroatoms. The lowest BCUT2D eigenvalue weighted by Crippen LogP contribution is -2.19. The standard InChI is InChI=1S/C13H15FN2S/c1-16(8-10-5-6-17-9-10)13-4-2-3-12(14)11(13)7-15/h2-6,9H,7-8,15H2,1H3. The predicted molar refractivity (Wildman–Crippen MR) is 70.7 cm³/mol. The molecule has 0 aliphatic rings. The van der Waals surface area contributed by atoms with Gasteiger partial charge in [0, 0.05) is 31.4 Å². The highest BCUT2D eigenvalue weighted by molar-refractivity contribution is 7.07. The average molecular weight is 250 g/mol. The molecule has 17 heavy (non-hydrogen) atoms. The summed E-state index contributed by atoms with van der Waals surface area (Å²) < 4.78 is 13.6. The molecule has 1 heterocycles. The maximum atomic E-state index is 13.6. The summed E-state index contributed by atoms with van der Waals surface area (Å²) in [7, 11) is 1.95. The van der Waals surface area contributed by atoms with Gasteiger partial charge in [-0.25, -0.2) is 4.39 Å². The highest BCUT2D eigenvalue weighted by Crippen LogP contribution is 2.23. The van der Waals surface area contributed by atoms with Gasteiger partial charge in [0.05, 0.1) is 0 Å². The van der Waals surface area contributed by atoms with Gasteiger partial charge in [-0.05, 0) is 34.5 Å². The Morgan fingerprint density at radius 1 is 1.35 bits per heavy atom. The van der Waals surface area contributed by atoms with Crippen LogP contribution in [0.3, 0.4) is 0 Å². The Balaban J connectivity index is 2.24. The number of thiophene rings is 1. The fourth-order valence-corrected chi connectivity index (χ4v) is 2.51. The van der Waals surface area contributed by atoms with Crippen molar-refractivity contribution in [1.82, 2.24) is 0 Å². The van der Waals surface area contributed by atoms with Gasteiger partial charge >= 0.3 is 0 Å². The molecular formula is C13H15FN2S. The van der Waals surface area contributed by atoms with Crippen LogP contribution in [-0.4, -0.2) is 7.05 Å². The Hall–Kier alpha value is -1.39. The number of anilines is 1. The van der Waals surface area contributed by atoms with E-state index in [-0.39, 0.29) is 12.4 Å². The topological polar surface area (TPSA) is 29.3 Å². The quantitative estimate of drug-likeness (QED) is 0.904. The average Bonchev–Trinajstić information content (AvgIpc) is 2.81. The van der Waals surface area contributed by atoms with E-state index in [0.717, 1.165) is 12.2 Å². The summed E-state index contributed by atoms with van der Waals surface area (Å²) in [6, 6.07) is 7.14. The molecule has 2 rings (SSSR count). The van der Waals surface area contributed by atoms with E-state index in [4.69, 9.17) is 5.73 Å². The molecule has 2 nitrogen and oxygen atoms in total. The van der Waals surface area contributed by atoms with Crippen LogP contribution in [0.15, 0.2) is 35.0 Å². The molecule has 0 spiro atoms. The molecule has 90 valence electrons. The first-order chi connectivity index (χ1) is 8.22. The number of halogens is 1. The lowest BCUT2D eigenvalue weighted by atomic mass is 10.1. The lowest BCUT2D eigenvalue weighted by molar-refractivity contribution is 0.609. The molecule has 1 aromatic heterocycles. The number of benzene rings is 1. The Morgan fingerprint density at radius 2 is 2.18 bits per heavy atom. The fraction of sp³-hybridized carbons (Fsp3) is 0.231. The van der Waals surface area contributed by atoms with E-state index in [2.05, 4.69) is 11.4 Å². The third-order valence-electron chi connectivity index (χ3n) is 2.71. The van der Waals surface area contributed by atoms with Crippen LogP contribution >= 0.6 is 11.3 Å². The molecule has 0 aliphatic carbocycles. The molecule has 0 amide bonds. The van der Waals surface area contributed by atoms with Gasteiger partial charge in [-0.1, -0.05) is 6.07 Å². The number of hydrogen-bond acceptors (Lipinski definition) is 3. The van der Waals surface area contributed by atoms with Crippen LogP contribution in [0.1, 0.15) is 11.1 Å². The molecule has 0 saturated heterocycles. The second kappa shape index (κ2) is 5.29. The number of hydrogen-bond donors (Lipinski definition) is 1. The summed E-state index contributed by atoms with van der Waals surface area (Å²) in [5.41, 5.74) is 8.26. The molecule has 2 aromatic rings. The van der Waals surface area contributed by atoms with Gasteiger partial charge in [-0.3, -0.25) is 0 Å². The van der Waals surface area contributed by atoms with Crippen molar-refractivity contribution in [3.63, 3.8) is 0 Å². The van der Waals surface area contributed by atoms with Crippen LogP contribution in [0, 0.1) is 5.82 Å². The predicted octanol–water partition coefficient (Wildman–Crippen LogP) is 2.98. The largest absolute Gasteiger partial charge is 0.370 e. The van der Waals surface area contributed by atoms with Crippen LogP contribution in [0.2, 0.25) is 0 Å². The maximum absolute atomic E-state index is 13.6. The summed E-state index contributed by atoms with van der Waals surface area (Å²) in [5, 5.41) is 4.14. The highest BCUT2D eigenvalue weighted by atomic mass is 32.1. The summed E-state index contributed by atoms with van der Waals surface area (Å²) in [5.74, 6) is -0.234. The van der Waals surface area contributed by atoms with Gasteiger partial charge in [0.1, 0.15) is 5.82 Å². The fourth-order valence-electron chi connectivity index (χ4n) is 1.85. The zero-order valence-electron chi connectivity index (χ0n) is 9.69. The summed E-state index contributed by atoms with van der Waals surface area (Å²) in [4.78, 5) is 2.02. The van der Waals surface area contributed by atoms with Crippen molar-refractivity contribution < 1.29 is 4.39 Å². The van der Waals surface area contributed by atoms with E-state index in [9.17, 15) is 4.39 Å². The van der Waals surface area contributed by atoms with Crippen molar-refractivity contribution in [3.05, 3.63) is 52.0 Å². The SMILES string of the molecule is CN(Cc1ccsc1)c1cccc(F)c1CN. The minimum atomic E-state index is -0.234. The third-order valence-corrected chi connectivity index (χ3v) is 3.44. The van der Waals surface area contributed by atoms with E-state index in [0.29, 0.717) is 5.56 Å². The molecule has 0 bridgehead atoms. The first-order valence-electron chi connectivity index (χ1n) is 5.42. The number of rotatable bonds is 4. The second-order valence-electron chi connectivity index (χ2n) is 3.93. The first-order valence-corrected chi connectivity index (χ1v) is 6.36. The van der Waals surface area contributed by atoms with Gasteiger partial charge in [-0.2, -0.15) is 11.3 Å². The van der Waals surface area contributed by atoms with Crippen molar-refractivity contribution >= 4 is 17.0 Å². The molecule has 0 radical (unpaired) electrons. The zero-order valence-corrected chi connectivity index (χ0v) is 10.5. The monoisotopic (exact) mass is 250 g/mol. The molecule has 0 saturated carbocycles. The first kappa shape index (κ1) is 12.1. The molecule has 0 atom stereocenters. The minimum absolute atomic E-state index is 0.218. The number of nitrogens with zero attached hydrogens (tertiary/aromatic N) is 1. The second-order valence-corrected chi connectivity index (χ2v) is 4.71. The Morgan fingerprint density at radius 3 is 2.82 bits per heavy atom. The van der Waals surface area contributed by atoms with Crippen molar-refractivity contribution in [2.75, 3.05) is 11.9 Å². The van der Waals surface area contributed by atoms with Crippen LogP contribution in [0.4, 0.5) is 10.1 Å². The van der Waals surface area contributed by atoms with Gasteiger partial charge in [0.15, 0.2) is 0 Å². The Bertz CT molecular complexity index is 482. The van der Waals surface area contributed by atoms with Crippen molar-refractivity contribution in [2.24, 2.45) is 5.73 Å². The van der Waals surface area contributed by atoms with E-state index in [1.165, 1.54) is 11.6 Å². The Kier molecular flexibility index (Phi) is 3.76. The van der Waals surface area contributed by atoms with Crippen LogP contribution < -0.4 is 10.6 Å². The highest BCUT2D eigenvalue weighted by Gasteiger charge is 2.10. The third kappa shape index (κ3) is 2.65. The van der Waals surface area contributed by atoms with Crippen LogP contribution in [-0.2, 0) is 13.1 Å². The molecule has 0 unspecified atom stereocenters. The van der Waals surface area contributed by atoms with Crippen molar-refractivity contribution in [1.29, 1.82) is 0 Å². The van der Waals surface area contributed by atoms with E-state index >= 15 is 0 Å². The lowest BCUT2D eigenvalue weighted by Gasteiger charge is -2.22. The van der Waals surface area contributed by atoms with Crippen LogP contribution in [0.25, 0.3) is 0 Å². The van der Waals surface area contributed by atoms with Crippen molar-refractivity contribution in [2.45, 2.75) is 13.1 Å². The Labute approximate surface area is 104 Å². The van der Waals surface area contributed by atoms with Gasteiger partial charge < -0.3 is 10.6 Å². The maximum Gasteiger partial charge on any atom is 0.129 e. The van der Waals surface area contributed by atoms with E-state index in [1.807, 2.05) is 23.4 Å². The molecule has 2 N–H and O–H groups in total. The molecular weight excluding hydrogens is 235 g/mol. The van der Waals surface area contributed by atoms with E-state index < -0.39 is 0 Å². The summed E-state index contributed by atoms with van der Waals surface area (Å²) >= 11 is 1.66. The number of nitrogens with two attached hydrogens (primary N) is 1. The molecule has 1 aromatic carbocycles. The summed E-state index contributed by atoms with van der Waals surface area (Å²) in [6.07, 6.45) is 0. The summed E-state index contributed by atoms with van der Waals surface area (Å²) in [6.45, 7) is 0.982. The smallest absolute Gasteiger partial charge is 0.129 e. The van der Waals surface area contributed by atoms with E-state index in [1.54, 1.807) is 17.4 Å². The van der Waals surface area contributed by atoms with Gasteiger partial charge in [0.25, 0.3) is 0 Å². The van der Waals surface area contributed by atoms with Gasteiger partial charge in [-0.15, -0.1) is 0 Å². The molecule has 0 fully saturated rings.